The van der Waals surface area contributed by atoms with Crippen molar-refractivity contribution in [2.45, 2.75) is 0 Å². The average molecular weight is 526 g/mol. The quantitative estimate of drug-likeness (QED) is 0.294. The van der Waals surface area contributed by atoms with Crippen LogP contribution in [0.2, 0.25) is 0 Å². The highest BCUT2D eigenvalue weighted by atomic mass is 32.2. The van der Waals surface area contributed by atoms with Gasteiger partial charge < -0.3 is 29.6 Å². The summed E-state index contributed by atoms with van der Waals surface area (Å²) in [6, 6.07) is 20.1. The summed E-state index contributed by atoms with van der Waals surface area (Å²) in [6.45, 7) is -0.572. The van der Waals surface area contributed by atoms with Gasteiger partial charge in [-0.3, -0.25) is 4.31 Å². The number of nitrogens with zero attached hydrogens (tertiary/aromatic N) is 1. The highest BCUT2D eigenvalue weighted by Gasteiger charge is 2.26. The van der Waals surface area contributed by atoms with E-state index in [2.05, 4.69) is 10.6 Å². The molecular formula is C26H27N3O7S. The Kier molecular flexibility index (Phi) is 7.55. The second-order valence-electron chi connectivity index (χ2n) is 8.05. The SMILES string of the molecule is CNC(=O)Oc1c(-c2ccc(Nc3ccccc3)cc2)oc2cc(N(CCO)S(C)(=O)=O)c(OC)cc12. The molecule has 3 N–H and O–H groups in total. The molecule has 194 valence electrons. The minimum atomic E-state index is -3.74. The summed E-state index contributed by atoms with van der Waals surface area (Å²) in [5.74, 6) is 0.621. The molecular weight excluding hydrogens is 498 g/mol. The summed E-state index contributed by atoms with van der Waals surface area (Å²) in [7, 11) is -0.913. The molecule has 11 heteroatoms. The van der Waals surface area contributed by atoms with Gasteiger partial charge in [-0.1, -0.05) is 18.2 Å². The average Bonchev–Trinajstić information content (AvgIpc) is 3.23. The molecule has 0 saturated carbocycles. The maximum atomic E-state index is 12.4. The van der Waals surface area contributed by atoms with Gasteiger partial charge in [0.15, 0.2) is 11.5 Å². The number of amides is 1. The molecule has 0 atom stereocenters. The molecule has 0 radical (unpaired) electrons. The van der Waals surface area contributed by atoms with E-state index in [1.165, 1.54) is 26.3 Å². The Labute approximate surface area is 214 Å². The number of aliphatic hydroxyl groups excluding tert-OH is 1. The van der Waals surface area contributed by atoms with E-state index in [9.17, 15) is 18.3 Å². The van der Waals surface area contributed by atoms with Gasteiger partial charge in [0, 0.05) is 30.1 Å². The summed E-state index contributed by atoms with van der Waals surface area (Å²) in [5.41, 5.74) is 2.85. The van der Waals surface area contributed by atoms with Crippen molar-refractivity contribution in [2.75, 3.05) is 43.2 Å². The Morgan fingerprint density at radius 3 is 2.32 bits per heavy atom. The van der Waals surface area contributed by atoms with E-state index in [1.807, 2.05) is 54.6 Å². The van der Waals surface area contributed by atoms with Crippen LogP contribution in [-0.2, 0) is 10.0 Å². The first kappa shape index (κ1) is 25.9. The molecule has 1 amide bonds. The van der Waals surface area contributed by atoms with Gasteiger partial charge in [-0.25, -0.2) is 13.2 Å². The highest BCUT2D eigenvalue weighted by molar-refractivity contribution is 7.92. The van der Waals surface area contributed by atoms with Gasteiger partial charge in [0.2, 0.25) is 10.0 Å². The first-order chi connectivity index (χ1) is 17.7. The molecule has 0 aliphatic heterocycles. The first-order valence-corrected chi connectivity index (χ1v) is 13.1. The maximum absolute atomic E-state index is 12.4. The number of aliphatic hydroxyl groups is 1. The van der Waals surface area contributed by atoms with Gasteiger partial charge in [0.1, 0.15) is 11.3 Å². The Balaban J connectivity index is 1.83. The molecule has 0 aliphatic carbocycles. The zero-order valence-corrected chi connectivity index (χ0v) is 21.3. The number of methoxy groups -OCH3 is 1. The fraction of sp³-hybridized carbons (Fsp3) is 0.192. The van der Waals surface area contributed by atoms with Crippen LogP contribution in [-0.4, -0.2) is 53.2 Å². The first-order valence-electron chi connectivity index (χ1n) is 11.3. The van der Waals surface area contributed by atoms with Gasteiger partial charge in [0.05, 0.1) is 37.6 Å². The molecule has 4 aromatic rings. The molecule has 0 unspecified atom stereocenters. The fourth-order valence-electron chi connectivity index (χ4n) is 3.83. The molecule has 37 heavy (non-hydrogen) atoms. The predicted molar refractivity (Wildman–Crippen MR) is 142 cm³/mol. The number of hydrogen-bond donors (Lipinski definition) is 3. The lowest BCUT2D eigenvalue weighted by molar-refractivity contribution is 0.203. The lowest BCUT2D eigenvalue weighted by Crippen LogP contribution is -2.32. The number of carbonyl (C=O) groups is 1. The zero-order valence-electron chi connectivity index (χ0n) is 20.5. The van der Waals surface area contributed by atoms with E-state index in [1.54, 1.807) is 0 Å². The third-order valence-corrected chi connectivity index (χ3v) is 6.70. The van der Waals surface area contributed by atoms with Crippen molar-refractivity contribution in [1.82, 2.24) is 5.32 Å². The van der Waals surface area contributed by atoms with E-state index in [0.29, 0.717) is 10.9 Å². The van der Waals surface area contributed by atoms with E-state index >= 15 is 0 Å². The van der Waals surface area contributed by atoms with Crippen LogP contribution in [0.3, 0.4) is 0 Å². The van der Waals surface area contributed by atoms with E-state index in [0.717, 1.165) is 21.9 Å². The van der Waals surface area contributed by atoms with Crippen molar-refractivity contribution in [2.24, 2.45) is 0 Å². The Hall–Kier alpha value is -4.22. The Morgan fingerprint density at radius 1 is 1.05 bits per heavy atom. The minimum Gasteiger partial charge on any atom is -0.495 e. The molecule has 1 aromatic heterocycles. The van der Waals surface area contributed by atoms with E-state index in [4.69, 9.17) is 13.9 Å². The minimum absolute atomic E-state index is 0.149. The number of fused-ring (bicyclic) bond motifs is 1. The van der Waals surface area contributed by atoms with Crippen LogP contribution in [0.1, 0.15) is 0 Å². The fourth-order valence-corrected chi connectivity index (χ4v) is 4.75. The molecule has 3 aromatic carbocycles. The van der Waals surface area contributed by atoms with Crippen molar-refractivity contribution >= 4 is 44.1 Å². The van der Waals surface area contributed by atoms with Crippen molar-refractivity contribution in [3.63, 3.8) is 0 Å². The van der Waals surface area contributed by atoms with Crippen LogP contribution in [0.15, 0.2) is 71.1 Å². The van der Waals surface area contributed by atoms with Crippen LogP contribution in [0.25, 0.3) is 22.3 Å². The van der Waals surface area contributed by atoms with Gasteiger partial charge in [-0.15, -0.1) is 0 Å². The number of hydrogen-bond acceptors (Lipinski definition) is 8. The van der Waals surface area contributed by atoms with Crippen molar-refractivity contribution < 1.29 is 32.2 Å². The number of carbonyl (C=O) groups excluding carboxylic acids is 1. The second kappa shape index (κ2) is 10.8. The zero-order chi connectivity index (χ0) is 26.6. The maximum Gasteiger partial charge on any atom is 0.412 e. The number of sulfonamides is 1. The van der Waals surface area contributed by atoms with Crippen molar-refractivity contribution in [3.05, 3.63) is 66.7 Å². The molecule has 1 heterocycles. The number of nitrogens with one attached hydrogen (secondary N) is 2. The number of ether oxygens (including phenoxy) is 2. The summed E-state index contributed by atoms with van der Waals surface area (Å²) < 4.78 is 43.0. The Morgan fingerprint density at radius 2 is 1.73 bits per heavy atom. The molecule has 4 rings (SSSR count). The van der Waals surface area contributed by atoms with Crippen LogP contribution in [0.5, 0.6) is 11.5 Å². The van der Waals surface area contributed by atoms with Gasteiger partial charge in [0.25, 0.3) is 0 Å². The predicted octanol–water partition coefficient (Wildman–Crippen LogP) is 4.33. The number of anilines is 3. The van der Waals surface area contributed by atoms with Crippen molar-refractivity contribution in [1.29, 1.82) is 0 Å². The number of benzene rings is 3. The lowest BCUT2D eigenvalue weighted by Gasteiger charge is -2.23. The smallest absolute Gasteiger partial charge is 0.412 e. The monoisotopic (exact) mass is 525 g/mol. The summed E-state index contributed by atoms with van der Waals surface area (Å²) in [6.07, 6.45) is 0.331. The molecule has 0 saturated heterocycles. The standard InChI is InChI=1S/C26H27N3O7S/c1-27-26(31)36-25-20-15-23(34-2)21(29(13-14-30)37(3,32)33)16-22(20)35-24(25)17-9-11-19(12-10-17)28-18-7-5-4-6-8-18/h4-12,15-16,28,30H,13-14H2,1-3H3,(H,27,31). The summed E-state index contributed by atoms with van der Waals surface area (Å²) in [5, 5.41) is 15.6. The topological polar surface area (TPSA) is 130 Å². The van der Waals surface area contributed by atoms with E-state index < -0.39 is 22.7 Å². The largest absolute Gasteiger partial charge is 0.495 e. The molecule has 0 spiro atoms. The molecule has 0 bridgehead atoms. The van der Waals surface area contributed by atoms with Crippen LogP contribution in [0.4, 0.5) is 21.9 Å². The van der Waals surface area contributed by atoms with Crippen LogP contribution in [0, 0.1) is 0 Å². The summed E-state index contributed by atoms with van der Waals surface area (Å²) >= 11 is 0. The van der Waals surface area contributed by atoms with Crippen molar-refractivity contribution in [3.8, 4) is 22.8 Å². The number of furan rings is 1. The molecule has 10 nitrogen and oxygen atoms in total. The Bertz CT molecular complexity index is 1500. The number of rotatable bonds is 9. The molecule has 0 aliphatic rings. The van der Waals surface area contributed by atoms with E-state index in [-0.39, 0.29) is 35.1 Å². The third-order valence-electron chi connectivity index (χ3n) is 5.52. The molecule has 0 fully saturated rings. The lowest BCUT2D eigenvalue weighted by atomic mass is 10.1. The van der Waals surface area contributed by atoms with Crippen LogP contribution < -0.4 is 24.4 Å². The normalized spacial score (nSPS) is 11.2. The van der Waals surface area contributed by atoms with Gasteiger partial charge >= 0.3 is 6.09 Å². The second-order valence-corrected chi connectivity index (χ2v) is 9.95. The number of para-hydroxylation sites is 1. The summed E-state index contributed by atoms with van der Waals surface area (Å²) in [4.78, 5) is 12.2. The van der Waals surface area contributed by atoms with Crippen LogP contribution >= 0.6 is 0 Å². The van der Waals surface area contributed by atoms with Gasteiger partial charge in [-0.05, 0) is 42.5 Å². The highest BCUT2D eigenvalue weighted by Crippen LogP contribution is 2.45. The third kappa shape index (κ3) is 5.63. The van der Waals surface area contributed by atoms with Gasteiger partial charge in [-0.2, -0.15) is 0 Å².